The van der Waals surface area contributed by atoms with Gasteiger partial charge in [-0.05, 0) is 23.9 Å². The van der Waals surface area contributed by atoms with Crippen LogP contribution in [0.4, 0.5) is 0 Å². The average Bonchev–Trinajstić information content (AvgIpc) is 3.42. The largest absolute Gasteiger partial charge is 0.483 e. The van der Waals surface area contributed by atoms with Crippen LogP contribution < -0.4 is 10.1 Å². The number of carbonyl (C=O) groups excluding carboxylic acids is 2. The molecule has 3 aromatic rings. The lowest BCUT2D eigenvalue weighted by Crippen LogP contribution is -2.29. The molecule has 0 fully saturated rings. The Morgan fingerprint density at radius 3 is 2.69 bits per heavy atom. The second-order valence-corrected chi connectivity index (χ2v) is 8.53. The molecular weight excluding hydrogens is 406 g/mol. The molecule has 0 bridgehead atoms. The van der Waals surface area contributed by atoms with Crippen molar-refractivity contribution in [2.75, 3.05) is 20.7 Å². The number of thiophene rings is 1. The topological polar surface area (TPSA) is 71.5 Å². The van der Waals surface area contributed by atoms with E-state index >= 15 is 0 Å². The Hall–Kier alpha value is -2.71. The molecular formula is C21H23N3O3S2. The van der Waals surface area contributed by atoms with Crippen LogP contribution in [0.2, 0.25) is 0 Å². The molecule has 6 nitrogen and oxygen atoms in total. The number of nitrogens with one attached hydrogen (secondary N) is 1. The smallest absolute Gasteiger partial charge is 0.263 e. The maximum Gasteiger partial charge on any atom is 0.263 e. The van der Waals surface area contributed by atoms with Gasteiger partial charge in [0.25, 0.3) is 11.8 Å². The molecule has 8 heteroatoms. The molecule has 29 heavy (non-hydrogen) atoms. The van der Waals surface area contributed by atoms with Crippen molar-refractivity contribution >= 4 is 34.5 Å². The molecule has 0 aliphatic rings. The van der Waals surface area contributed by atoms with Gasteiger partial charge in [0.15, 0.2) is 6.61 Å². The number of amides is 2. The fourth-order valence-corrected chi connectivity index (χ4v) is 4.31. The van der Waals surface area contributed by atoms with E-state index in [1.807, 2.05) is 48.7 Å². The predicted octanol–water partition coefficient (Wildman–Crippen LogP) is 4.22. The highest BCUT2D eigenvalue weighted by atomic mass is 32.1. The second kappa shape index (κ2) is 9.67. The monoisotopic (exact) mass is 429 g/mol. The highest BCUT2D eigenvalue weighted by Gasteiger charge is 2.20. The minimum atomic E-state index is -0.236. The minimum absolute atomic E-state index is 0.0482. The van der Waals surface area contributed by atoms with Crippen molar-refractivity contribution in [1.82, 2.24) is 15.2 Å². The second-order valence-electron chi connectivity index (χ2n) is 6.56. The highest BCUT2D eigenvalue weighted by molar-refractivity contribution is 7.21. The van der Waals surface area contributed by atoms with Crippen molar-refractivity contribution in [2.45, 2.75) is 19.4 Å². The quantitative estimate of drug-likeness (QED) is 0.582. The Bertz CT molecular complexity index is 967. The van der Waals surface area contributed by atoms with Gasteiger partial charge in [0.05, 0.1) is 17.1 Å². The number of benzene rings is 1. The van der Waals surface area contributed by atoms with E-state index in [4.69, 9.17) is 4.74 Å². The van der Waals surface area contributed by atoms with Crippen LogP contribution in [0, 0.1) is 0 Å². The lowest BCUT2D eigenvalue weighted by atomic mass is 10.0. The first kappa shape index (κ1) is 21.0. The molecule has 2 aromatic heterocycles. The summed E-state index contributed by atoms with van der Waals surface area (Å²) in [5, 5.41) is 5.89. The molecule has 0 radical (unpaired) electrons. The molecule has 152 valence electrons. The van der Waals surface area contributed by atoms with Crippen molar-refractivity contribution in [3.63, 3.8) is 0 Å². The summed E-state index contributed by atoms with van der Waals surface area (Å²) < 4.78 is 5.73. The van der Waals surface area contributed by atoms with Crippen LogP contribution in [0.15, 0.2) is 48.0 Å². The molecule has 2 heterocycles. The molecule has 0 aliphatic heterocycles. The summed E-state index contributed by atoms with van der Waals surface area (Å²) >= 11 is 2.97. The zero-order valence-corrected chi connectivity index (χ0v) is 18.2. The maximum absolute atomic E-state index is 12.8. The lowest BCUT2D eigenvalue weighted by molar-refractivity contribution is -0.130. The first-order valence-electron chi connectivity index (χ1n) is 9.22. The number of nitrogens with zero attached hydrogens (tertiary/aromatic N) is 2. The van der Waals surface area contributed by atoms with E-state index in [0.717, 1.165) is 15.4 Å². The summed E-state index contributed by atoms with van der Waals surface area (Å²) in [6, 6.07) is 11.2. The zero-order valence-electron chi connectivity index (χ0n) is 16.5. The van der Waals surface area contributed by atoms with E-state index in [0.29, 0.717) is 17.0 Å². The van der Waals surface area contributed by atoms with Crippen LogP contribution in [0.1, 0.15) is 34.6 Å². The normalized spacial score (nSPS) is 11.7. The van der Waals surface area contributed by atoms with Gasteiger partial charge in [-0.1, -0.05) is 31.2 Å². The van der Waals surface area contributed by atoms with Crippen LogP contribution in [0.5, 0.6) is 5.75 Å². The fraction of sp³-hybridized carbons (Fsp3) is 0.286. The number of aromatic nitrogens is 1. The molecule has 1 unspecified atom stereocenters. The van der Waals surface area contributed by atoms with Gasteiger partial charge >= 0.3 is 0 Å². The summed E-state index contributed by atoms with van der Waals surface area (Å²) in [6.07, 6.45) is 2.30. The van der Waals surface area contributed by atoms with Gasteiger partial charge in [-0.2, -0.15) is 0 Å². The van der Waals surface area contributed by atoms with Crippen molar-refractivity contribution in [2.24, 2.45) is 0 Å². The Balaban J connectivity index is 1.73. The Morgan fingerprint density at radius 2 is 2.00 bits per heavy atom. The summed E-state index contributed by atoms with van der Waals surface area (Å²) in [6.45, 7) is 1.95. The standard InChI is InChI=1S/C21H23N3O3S2/c1-4-15(14-8-5-6-9-16(14)27-13-19(25)24(2)3)23-20(26)18-12-22-21(29-18)17-10-7-11-28-17/h5-12,15H,4,13H2,1-3H3,(H,23,26). The molecule has 3 rings (SSSR count). The number of likely N-dealkylation sites (N-methyl/N-ethyl adjacent to an activating group) is 1. The van der Waals surface area contributed by atoms with Crippen molar-refractivity contribution in [3.05, 3.63) is 58.4 Å². The Kier molecular flexibility index (Phi) is 7.00. The minimum Gasteiger partial charge on any atom is -0.483 e. The predicted molar refractivity (Wildman–Crippen MR) is 117 cm³/mol. The van der Waals surface area contributed by atoms with Crippen molar-refractivity contribution in [1.29, 1.82) is 0 Å². The van der Waals surface area contributed by atoms with Gasteiger partial charge in [-0.25, -0.2) is 4.98 Å². The first-order chi connectivity index (χ1) is 14.0. The number of ether oxygens (including phenoxy) is 1. The lowest BCUT2D eigenvalue weighted by Gasteiger charge is -2.21. The molecule has 1 atom stereocenters. The van der Waals surface area contributed by atoms with Crippen LogP contribution in [-0.4, -0.2) is 42.4 Å². The van der Waals surface area contributed by atoms with Crippen LogP contribution in [0.25, 0.3) is 9.88 Å². The summed E-state index contributed by atoms with van der Waals surface area (Å²) in [4.78, 5) is 32.1. The number of carbonyl (C=O) groups is 2. The fourth-order valence-electron chi connectivity index (χ4n) is 2.69. The Labute approximate surface area is 178 Å². The number of thiazole rings is 1. The average molecular weight is 430 g/mol. The zero-order chi connectivity index (χ0) is 20.8. The molecule has 0 spiro atoms. The van der Waals surface area contributed by atoms with Crippen LogP contribution in [0.3, 0.4) is 0 Å². The number of para-hydroxylation sites is 1. The van der Waals surface area contributed by atoms with E-state index in [1.165, 1.54) is 16.2 Å². The molecule has 1 aromatic carbocycles. The maximum atomic E-state index is 12.8. The van der Waals surface area contributed by atoms with Gasteiger partial charge in [0, 0.05) is 19.7 Å². The van der Waals surface area contributed by atoms with Gasteiger partial charge in [-0.15, -0.1) is 22.7 Å². The SMILES string of the molecule is CCC(NC(=O)c1cnc(-c2cccs2)s1)c1ccccc1OCC(=O)N(C)C. The van der Waals surface area contributed by atoms with E-state index in [9.17, 15) is 9.59 Å². The van der Waals surface area contributed by atoms with Crippen molar-refractivity contribution in [3.8, 4) is 15.6 Å². The van der Waals surface area contributed by atoms with Gasteiger partial charge in [-0.3, -0.25) is 9.59 Å². The van der Waals surface area contributed by atoms with E-state index in [2.05, 4.69) is 10.3 Å². The summed E-state index contributed by atoms with van der Waals surface area (Å²) in [5.74, 6) is 0.303. The summed E-state index contributed by atoms with van der Waals surface area (Å²) in [7, 11) is 3.37. The third-order valence-corrected chi connectivity index (χ3v) is 6.35. The first-order valence-corrected chi connectivity index (χ1v) is 10.9. The molecule has 0 saturated heterocycles. The van der Waals surface area contributed by atoms with Gasteiger partial charge in [0.2, 0.25) is 0 Å². The van der Waals surface area contributed by atoms with E-state index in [1.54, 1.807) is 31.6 Å². The number of hydrogen-bond donors (Lipinski definition) is 1. The molecule has 2 amide bonds. The van der Waals surface area contributed by atoms with Gasteiger partial charge < -0.3 is 15.0 Å². The summed E-state index contributed by atoms with van der Waals surface area (Å²) in [5.41, 5.74) is 0.845. The molecule has 0 saturated carbocycles. The van der Waals surface area contributed by atoms with E-state index < -0.39 is 0 Å². The van der Waals surface area contributed by atoms with Gasteiger partial charge in [0.1, 0.15) is 15.6 Å². The van der Waals surface area contributed by atoms with Crippen LogP contribution in [-0.2, 0) is 4.79 Å². The number of rotatable bonds is 8. The highest BCUT2D eigenvalue weighted by Crippen LogP contribution is 2.31. The van der Waals surface area contributed by atoms with Crippen molar-refractivity contribution < 1.29 is 14.3 Å². The molecule has 1 N–H and O–H groups in total. The Morgan fingerprint density at radius 1 is 1.21 bits per heavy atom. The van der Waals surface area contributed by atoms with Crippen LogP contribution >= 0.6 is 22.7 Å². The third-order valence-electron chi connectivity index (χ3n) is 4.32. The molecule has 0 aliphatic carbocycles. The van der Waals surface area contributed by atoms with E-state index in [-0.39, 0.29) is 24.5 Å². The number of hydrogen-bond acceptors (Lipinski definition) is 6. The third kappa shape index (κ3) is 5.21.